The second-order valence-corrected chi connectivity index (χ2v) is 8.07. The first-order valence-electron chi connectivity index (χ1n) is 10.6. The molecule has 1 fully saturated rings. The molecule has 162 valence electrons. The van der Waals surface area contributed by atoms with E-state index in [1.54, 1.807) is 25.1 Å². The quantitative estimate of drug-likeness (QED) is 0.635. The smallest absolute Gasteiger partial charge is 0.226 e. The van der Waals surface area contributed by atoms with Crippen LogP contribution in [-0.2, 0) is 17.8 Å². The van der Waals surface area contributed by atoms with Gasteiger partial charge in [-0.2, -0.15) is 4.52 Å². The lowest BCUT2D eigenvalue weighted by molar-refractivity contribution is -0.137. The van der Waals surface area contributed by atoms with Crippen LogP contribution in [0.3, 0.4) is 0 Å². The molecule has 9 nitrogen and oxygen atoms in total. The predicted octanol–water partition coefficient (Wildman–Crippen LogP) is 1.94. The summed E-state index contributed by atoms with van der Waals surface area (Å²) >= 11 is 0. The van der Waals surface area contributed by atoms with E-state index in [9.17, 15) is 4.79 Å². The number of hydrogen-bond donors (Lipinski definition) is 0. The standard InChI is InChI=1S/C22H26N6O3/c1-30-18-11-16-7-10-27(13-17(16)12-19(18)31-2)22(29)15-5-8-26(9-6-15)21-4-3-20-24-23-14-28(20)25-21/h3-4,11-12,14-15H,5-10,13H2,1-2H3. The highest BCUT2D eigenvalue weighted by molar-refractivity contribution is 5.79. The Morgan fingerprint density at radius 3 is 2.52 bits per heavy atom. The van der Waals surface area contributed by atoms with Crippen LogP contribution in [0.25, 0.3) is 5.65 Å². The summed E-state index contributed by atoms with van der Waals surface area (Å²) in [4.78, 5) is 17.5. The van der Waals surface area contributed by atoms with Gasteiger partial charge < -0.3 is 19.3 Å². The van der Waals surface area contributed by atoms with E-state index in [-0.39, 0.29) is 11.8 Å². The van der Waals surface area contributed by atoms with Gasteiger partial charge in [-0.1, -0.05) is 0 Å². The zero-order valence-corrected chi connectivity index (χ0v) is 17.8. The minimum atomic E-state index is 0.0524. The van der Waals surface area contributed by atoms with E-state index in [1.807, 2.05) is 29.2 Å². The molecule has 0 unspecified atom stereocenters. The summed E-state index contributed by atoms with van der Waals surface area (Å²) in [5.74, 6) is 2.65. The average Bonchev–Trinajstić information content (AvgIpc) is 3.30. The van der Waals surface area contributed by atoms with Crippen LogP contribution in [0.4, 0.5) is 5.82 Å². The lowest BCUT2D eigenvalue weighted by Gasteiger charge is -2.36. The molecule has 0 radical (unpaired) electrons. The molecule has 1 saturated heterocycles. The van der Waals surface area contributed by atoms with Crippen LogP contribution in [0.15, 0.2) is 30.6 Å². The lowest BCUT2D eigenvalue weighted by Crippen LogP contribution is -2.44. The number of hydrogen-bond acceptors (Lipinski definition) is 7. The highest BCUT2D eigenvalue weighted by atomic mass is 16.5. The van der Waals surface area contributed by atoms with Crippen LogP contribution >= 0.6 is 0 Å². The Balaban J connectivity index is 1.23. The second-order valence-electron chi connectivity index (χ2n) is 8.07. The van der Waals surface area contributed by atoms with E-state index < -0.39 is 0 Å². The summed E-state index contributed by atoms with van der Waals surface area (Å²) < 4.78 is 12.5. The maximum atomic E-state index is 13.2. The third-order valence-electron chi connectivity index (χ3n) is 6.35. The summed E-state index contributed by atoms with van der Waals surface area (Å²) in [6.07, 6.45) is 4.10. The van der Waals surface area contributed by atoms with E-state index in [4.69, 9.17) is 9.47 Å². The van der Waals surface area contributed by atoms with E-state index in [0.717, 1.165) is 61.7 Å². The molecule has 9 heteroatoms. The third-order valence-corrected chi connectivity index (χ3v) is 6.35. The van der Waals surface area contributed by atoms with Gasteiger partial charge in [0.2, 0.25) is 5.91 Å². The number of anilines is 1. The molecule has 2 aliphatic heterocycles. The lowest BCUT2D eigenvalue weighted by atomic mass is 9.92. The van der Waals surface area contributed by atoms with Gasteiger partial charge >= 0.3 is 0 Å². The van der Waals surface area contributed by atoms with Crippen molar-refractivity contribution in [2.75, 3.05) is 38.8 Å². The van der Waals surface area contributed by atoms with Gasteiger partial charge in [-0.15, -0.1) is 15.3 Å². The van der Waals surface area contributed by atoms with Gasteiger partial charge in [0, 0.05) is 32.1 Å². The van der Waals surface area contributed by atoms with Crippen LogP contribution in [0.1, 0.15) is 24.0 Å². The molecule has 0 aliphatic carbocycles. The van der Waals surface area contributed by atoms with Crippen LogP contribution in [-0.4, -0.2) is 64.5 Å². The number of piperidine rings is 1. The summed E-state index contributed by atoms with van der Waals surface area (Å²) in [5, 5.41) is 12.4. The molecule has 3 aromatic rings. The zero-order valence-electron chi connectivity index (χ0n) is 17.8. The number of nitrogens with zero attached hydrogens (tertiary/aromatic N) is 6. The van der Waals surface area contributed by atoms with E-state index in [2.05, 4.69) is 20.2 Å². The molecule has 31 heavy (non-hydrogen) atoms. The SMILES string of the molecule is COc1cc2c(cc1OC)CN(C(=O)C1CCN(c3ccc4nncn4n3)CC1)CC2. The number of rotatable bonds is 4. The van der Waals surface area contributed by atoms with Crippen molar-refractivity contribution in [3.63, 3.8) is 0 Å². The molecule has 0 spiro atoms. The highest BCUT2D eigenvalue weighted by Crippen LogP contribution is 2.34. The Bertz CT molecular complexity index is 1110. The number of amides is 1. The second kappa shape index (κ2) is 8.05. The molecule has 5 rings (SSSR count). The van der Waals surface area contributed by atoms with Crippen molar-refractivity contribution in [2.24, 2.45) is 5.92 Å². The first-order chi connectivity index (χ1) is 15.2. The number of fused-ring (bicyclic) bond motifs is 2. The van der Waals surface area contributed by atoms with Crippen LogP contribution in [0.2, 0.25) is 0 Å². The van der Waals surface area contributed by atoms with Gasteiger partial charge in [0.1, 0.15) is 12.1 Å². The van der Waals surface area contributed by atoms with Crippen molar-refractivity contribution in [3.05, 3.63) is 41.7 Å². The summed E-state index contributed by atoms with van der Waals surface area (Å²) in [5.41, 5.74) is 3.10. The maximum Gasteiger partial charge on any atom is 0.226 e. The zero-order chi connectivity index (χ0) is 21.4. The van der Waals surface area contributed by atoms with Gasteiger partial charge in [-0.05, 0) is 54.7 Å². The van der Waals surface area contributed by atoms with E-state index in [0.29, 0.717) is 12.3 Å². The number of benzene rings is 1. The van der Waals surface area contributed by atoms with E-state index >= 15 is 0 Å². The van der Waals surface area contributed by atoms with Crippen molar-refractivity contribution in [3.8, 4) is 11.5 Å². The van der Waals surface area contributed by atoms with Gasteiger partial charge in [0.15, 0.2) is 17.1 Å². The Morgan fingerprint density at radius 2 is 1.77 bits per heavy atom. The fourth-order valence-corrected chi connectivity index (χ4v) is 4.57. The fourth-order valence-electron chi connectivity index (χ4n) is 4.57. The Hall–Kier alpha value is -3.36. The first-order valence-corrected chi connectivity index (χ1v) is 10.6. The normalized spacial score (nSPS) is 17.0. The molecule has 2 aliphatic rings. The molecular weight excluding hydrogens is 396 g/mol. The number of carbonyl (C=O) groups is 1. The molecule has 0 atom stereocenters. The largest absolute Gasteiger partial charge is 0.493 e. The minimum Gasteiger partial charge on any atom is -0.493 e. The maximum absolute atomic E-state index is 13.2. The number of ether oxygens (including phenoxy) is 2. The third kappa shape index (κ3) is 3.64. The molecule has 4 heterocycles. The summed E-state index contributed by atoms with van der Waals surface area (Å²) in [6.45, 7) is 2.99. The van der Waals surface area contributed by atoms with Crippen molar-refractivity contribution < 1.29 is 14.3 Å². The molecule has 1 amide bonds. The predicted molar refractivity (Wildman–Crippen MR) is 114 cm³/mol. The Kier molecular flexibility index (Phi) is 5.09. The molecule has 2 aromatic heterocycles. The van der Waals surface area contributed by atoms with Crippen molar-refractivity contribution in [1.82, 2.24) is 24.7 Å². The number of carbonyl (C=O) groups excluding carboxylic acids is 1. The first kappa shape index (κ1) is 19.6. The Morgan fingerprint density at radius 1 is 1.03 bits per heavy atom. The molecule has 0 bridgehead atoms. The molecule has 0 N–H and O–H groups in total. The van der Waals surface area contributed by atoms with Gasteiger partial charge in [0.05, 0.1) is 14.2 Å². The minimum absolute atomic E-state index is 0.0524. The van der Waals surface area contributed by atoms with Gasteiger partial charge in [-0.25, -0.2) is 0 Å². The monoisotopic (exact) mass is 422 g/mol. The topological polar surface area (TPSA) is 85.1 Å². The molecule has 0 saturated carbocycles. The van der Waals surface area contributed by atoms with Crippen molar-refractivity contribution in [2.45, 2.75) is 25.8 Å². The van der Waals surface area contributed by atoms with Crippen LogP contribution in [0.5, 0.6) is 11.5 Å². The average molecular weight is 422 g/mol. The van der Waals surface area contributed by atoms with Gasteiger partial charge in [-0.3, -0.25) is 4.79 Å². The van der Waals surface area contributed by atoms with E-state index in [1.165, 1.54) is 5.56 Å². The number of methoxy groups -OCH3 is 2. The summed E-state index contributed by atoms with van der Waals surface area (Å²) in [6, 6.07) is 7.92. The van der Waals surface area contributed by atoms with Crippen molar-refractivity contribution >= 4 is 17.4 Å². The van der Waals surface area contributed by atoms with Crippen molar-refractivity contribution in [1.29, 1.82) is 0 Å². The fraction of sp³-hybridized carbons (Fsp3) is 0.455. The van der Waals surface area contributed by atoms with Crippen LogP contribution < -0.4 is 14.4 Å². The Labute approximate surface area is 180 Å². The number of aromatic nitrogens is 4. The summed E-state index contributed by atoms with van der Waals surface area (Å²) in [7, 11) is 3.29. The molecule has 1 aromatic carbocycles. The van der Waals surface area contributed by atoms with Crippen LogP contribution in [0, 0.1) is 5.92 Å². The molecular formula is C22H26N6O3. The highest BCUT2D eigenvalue weighted by Gasteiger charge is 2.31. The van der Waals surface area contributed by atoms with Gasteiger partial charge in [0.25, 0.3) is 0 Å².